The number of hydrogen-bond acceptors (Lipinski definition) is 5. The number of hydrogen-bond donors (Lipinski definition) is 3. The molecular weight excluding hydrogens is 508 g/mol. The molecule has 0 spiro atoms. The van der Waals surface area contributed by atoms with Gasteiger partial charge in [-0.25, -0.2) is 0 Å². The van der Waals surface area contributed by atoms with Gasteiger partial charge in [-0.05, 0) is 23.8 Å². The third kappa shape index (κ3) is 5.57. The van der Waals surface area contributed by atoms with Gasteiger partial charge in [0.2, 0.25) is 0 Å². The molecule has 0 unspecified atom stereocenters. The van der Waals surface area contributed by atoms with Crippen LogP contribution in [-0.2, 0) is 13.1 Å². The first-order chi connectivity index (χ1) is 14.6. The lowest BCUT2D eigenvalue weighted by molar-refractivity contribution is 0.0966. The van der Waals surface area contributed by atoms with Crippen LogP contribution in [0.25, 0.3) is 22.3 Å². The van der Waals surface area contributed by atoms with Crippen molar-refractivity contribution in [3.05, 3.63) is 52.2 Å². The average molecular weight is 535 g/mol. The first-order valence-electron chi connectivity index (χ1n) is 10.3. The highest BCUT2D eigenvalue weighted by Crippen LogP contribution is 2.33. The lowest BCUT2D eigenvalue weighted by atomic mass is 10.1. The zero-order valence-corrected chi connectivity index (χ0v) is 21.0. The maximum atomic E-state index is 12.3. The number of aromatic nitrogens is 2. The molecule has 1 amide bonds. The van der Waals surface area contributed by atoms with E-state index in [-0.39, 0.29) is 49.7 Å². The molecule has 11 heteroatoms. The Morgan fingerprint density at radius 2 is 1.79 bits per heavy atom. The summed E-state index contributed by atoms with van der Waals surface area (Å²) in [7, 11) is 0. The second-order valence-electron chi connectivity index (χ2n) is 7.94. The standard InChI is InChI=1S/C22H24ClN5O2.3ClH/c23-17-12-24-21(20-16(17)11-25-22(20)30)19-10-15-9-14(1-2-18(15)26-19)13-28-5-3-27(4-6-28)7-8-29;;;/h1-2,9-10,12,26,29H,3-8,11,13H2,(H,25,30);3*1H. The topological polar surface area (TPSA) is 84.5 Å². The van der Waals surface area contributed by atoms with Crippen LogP contribution < -0.4 is 5.32 Å². The number of H-pyrrole nitrogens is 1. The van der Waals surface area contributed by atoms with Crippen LogP contribution in [0.3, 0.4) is 0 Å². The number of β-amino-alcohol motifs (C(OH)–C–C–N with tert-alkyl or cyclic N) is 1. The molecule has 0 bridgehead atoms. The number of carbonyl (C=O) groups is 1. The van der Waals surface area contributed by atoms with E-state index in [4.69, 9.17) is 16.7 Å². The van der Waals surface area contributed by atoms with Gasteiger partial charge in [0.15, 0.2) is 0 Å². The van der Waals surface area contributed by atoms with Gasteiger partial charge in [-0.3, -0.25) is 19.6 Å². The Hall–Kier alpha value is -1.58. The van der Waals surface area contributed by atoms with E-state index in [0.29, 0.717) is 22.8 Å². The molecular formula is C22H27Cl4N5O2. The number of aromatic amines is 1. The predicted molar refractivity (Wildman–Crippen MR) is 138 cm³/mol. The van der Waals surface area contributed by atoms with Crippen molar-refractivity contribution >= 4 is 65.6 Å². The van der Waals surface area contributed by atoms with Crippen molar-refractivity contribution < 1.29 is 9.90 Å². The Labute approximate surface area is 216 Å². The summed E-state index contributed by atoms with van der Waals surface area (Å²) in [6, 6.07) is 8.49. The summed E-state index contributed by atoms with van der Waals surface area (Å²) in [5, 5.41) is 13.5. The molecule has 2 aromatic heterocycles. The molecule has 4 heterocycles. The van der Waals surface area contributed by atoms with Crippen LogP contribution in [0.15, 0.2) is 30.5 Å². The van der Waals surface area contributed by atoms with E-state index < -0.39 is 0 Å². The second kappa shape index (κ2) is 11.7. The van der Waals surface area contributed by atoms with Crippen molar-refractivity contribution in [3.63, 3.8) is 0 Å². The molecule has 0 saturated carbocycles. The minimum Gasteiger partial charge on any atom is -0.395 e. The highest BCUT2D eigenvalue weighted by molar-refractivity contribution is 6.32. The van der Waals surface area contributed by atoms with Gasteiger partial charge in [-0.2, -0.15) is 0 Å². The second-order valence-corrected chi connectivity index (χ2v) is 8.34. The number of halogens is 4. The lowest BCUT2D eigenvalue weighted by Gasteiger charge is -2.34. The highest BCUT2D eigenvalue weighted by Gasteiger charge is 2.27. The first kappa shape index (κ1) is 27.7. The van der Waals surface area contributed by atoms with E-state index in [0.717, 1.165) is 61.4 Å². The number of aliphatic hydroxyl groups excluding tert-OH is 1. The van der Waals surface area contributed by atoms with Crippen LogP contribution in [0.1, 0.15) is 21.5 Å². The molecule has 5 rings (SSSR count). The molecule has 1 fully saturated rings. The van der Waals surface area contributed by atoms with E-state index in [1.54, 1.807) is 6.20 Å². The monoisotopic (exact) mass is 533 g/mol. The third-order valence-corrected chi connectivity index (χ3v) is 6.34. The summed E-state index contributed by atoms with van der Waals surface area (Å²) < 4.78 is 0. The quantitative estimate of drug-likeness (QED) is 0.466. The molecule has 33 heavy (non-hydrogen) atoms. The van der Waals surface area contributed by atoms with Crippen molar-refractivity contribution in [2.45, 2.75) is 13.1 Å². The van der Waals surface area contributed by atoms with E-state index in [9.17, 15) is 4.79 Å². The van der Waals surface area contributed by atoms with E-state index in [2.05, 4.69) is 49.4 Å². The molecule has 1 saturated heterocycles. The summed E-state index contributed by atoms with van der Waals surface area (Å²) >= 11 is 6.23. The largest absolute Gasteiger partial charge is 0.395 e. The molecule has 0 atom stereocenters. The molecule has 0 aliphatic carbocycles. The zero-order valence-electron chi connectivity index (χ0n) is 17.8. The van der Waals surface area contributed by atoms with E-state index in [1.807, 2.05) is 0 Å². The Kier molecular flexibility index (Phi) is 9.82. The van der Waals surface area contributed by atoms with Crippen molar-refractivity contribution in [3.8, 4) is 11.4 Å². The van der Waals surface area contributed by atoms with E-state index in [1.165, 1.54) is 5.56 Å². The fraction of sp³-hybridized carbons (Fsp3) is 0.364. The fourth-order valence-corrected chi connectivity index (χ4v) is 4.59. The SMILES string of the molecule is Cl.Cl.Cl.O=C1NCc2c(Cl)cnc(-c3cc4cc(CN5CCN(CCO)CC5)ccc4[nH]3)c21. The van der Waals surface area contributed by atoms with Gasteiger partial charge in [0, 0.05) is 68.5 Å². The van der Waals surface area contributed by atoms with Gasteiger partial charge in [-0.1, -0.05) is 17.7 Å². The van der Waals surface area contributed by atoms with Gasteiger partial charge >= 0.3 is 0 Å². The van der Waals surface area contributed by atoms with Crippen LogP contribution in [0, 0.1) is 0 Å². The molecule has 3 aromatic rings. The minimum absolute atomic E-state index is 0. The maximum Gasteiger partial charge on any atom is 0.254 e. The lowest BCUT2D eigenvalue weighted by Crippen LogP contribution is -2.46. The van der Waals surface area contributed by atoms with Crippen LogP contribution in [0.2, 0.25) is 5.02 Å². The molecule has 0 radical (unpaired) electrons. The Morgan fingerprint density at radius 1 is 1.06 bits per heavy atom. The van der Waals surface area contributed by atoms with Crippen molar-refractivity contribution in [2.24, 2.45) is 0 Å². The number of nitrogens with one attached hydrogen (secondary N) is 2. The minimum atomic E-state index is -0.130. The summed E-state index contributed by atoms with van der Waals surface area (Å²) in [6.07, 6.45) is 1.61. The molecule has 7 nitrogen and oxygen atoms in total. The Morgan fingerprint density at radius 3 is 2.52 bits per heavy atom. The highest BCUT2D eigenvalue weighted by atomic mass is 35.5. The summed E-state index contributed by atoms with van der Waals surface area (Å²) in [6.45, 7) is 6.32. The molecule has 3 N–H and O–H groups in total. The number of nitrogens with zero attached hydrogens (tertiary/aromatic N) is 3. The van der Waals surface area contributed by atoms with Crippen LogP contribution in [0.5, 0.6) is 0 Å². The molecule has 2 aliphatic heterocycles. The average Bonchev–Trinajstić information content (AvgIpc) is 3.34. The number of pyridine rings is 1. The molecule has 1 aromatic carbocycles. The predicted octanol–water partition coefficient (Wildman–Crippen LogP) is 3.50. The van der Waals surface area contributed by atoms with Crippen molar-refractivity contribution in [2.75, 3.05) is 39.3 Å². The van der Waals surface area contributed by atoms with Gasteiger partial charge < -0.3 is 15.4 Å². The van der Waals surface area contributed by atoms with Crippen LogP contribution in [0.4, 0.5) is 0 Å². The number of carbonyl (C=O) groups excluding carboxylic acids is 1. The van der Waals surface area contributed by atoms with Gasteiger partial charge in [0.05, 0.1) is 28.6 Å². The summed E-state index contributed by atoms with van der Waals surface area (Å²) in [5.41, 5.74) is 5.12. The Bertz CT molecular complexity index is 1120. The van der Waals surface area contributed by atoms with Crippen LogP contribution in [-0.4, -0.2) is 70.1 Å². The van der Waals surface area contributed by atoms with Crippen LogP contribution >= 0.6 is 48.8 Å². The molecule has 180 valence electrons. The number of amides is 1. The summed E-state index contributed by atoms with van der Waals surface area (Å²) in [5.74, 6) is -0.130. The number of rotatable bonds is 5. The number of piperazine rings is 1. The van der Waals surface area contributed by atoms with Crippen molar-refractivity contribution in [1.82, 2.24) is 25.1 Å². The number of fused-ring (bicyclic) bond motifs is 2. The third-order valence-electron chi connectivity index (χ3n) is 6.01. The van der Waals surface area contributed by atoms with Gasteiger partial charge in [-0.15, -0.1) is 37.2 Å². The normalized spacial score (nSPS) is 15.9. The molecule has 2 aliphatic rings. The summed E-state index contributed by atoms with van der Waals surface area (Å²) in [4.78, 5) is 24.9. The zero-order chi connectivity index (χ0) is 20.7. The Balaban J connectivity index is 0.00000128. The fourth-order valence-electron chi connectivity index (χ4n) is 4.38. The number of aliphatic hydroxyl groups is 1. The first-order valence-corrected chi connectivity index (χ1v) is 10.6. The smallest absolute Gasteiger partial charge is 0.254 e. The van der Waals surface area contributed by atoms with E-state index >= 15 is 0 Å². The van der Waals surface area contributed by atoms with Gasteiger partial charge in [0.25, 0.3) is 5.91 Å². The number of benzene rings is 1. The maximum absolute atomic E-state index is 12.3. The van der Waals surface area contributed by atoms with Gasteiger partial charge in [0.1, 0.15) is 0 Å². The van der Waals surface area contributed by atoms with Crippen molar-refractivity contribution in [1.29, 1.82) is 0 Å².